The van der Waals surface area contributed by atoms with Gasteiger partial charge in [-0.1, -0.05) is 6.07 Å². The van der Waals surface area contributed by atoms with Crippen molar-refractivity contribution in [1.82, 2.24) is 14.9 Å². The molecule has 13 heavy (non-hydrogen) atoms. The Morgan fingerprint density at radius 2 is 2.38 bits per heavy atom. The Kier molecular flexibility index (Phi) is 1.71. The van der Waals surface area contributed by atoms with Crippen molar-refractivity contribution in [2.45, 2.75) is 0 Å². The normalized spacial score (nSPS) is 10.2. The summed E-state index contributed by atoms with van der Waals surface area (Å²) in [7, 11) is 0. The number of hydrogen-bond donors (Lipinski definition) is 2. The second-order valence-electron chi connectivity index (χ2n) is 2.51. The Morgan fingerprint density at radius 1 is 1.54 bits per heavy atom. The lowest BCUT2D eigenvalue weighted by atomic mass is 10.4. The summed E-state index contributed by atoms with van der Waals surface area (Å²) in [6.45, 7) is 0. The van der Waals surface area contributed by atoms with Gasteiger partial charge >= 0.3 is 0 Å². The molecule has 5 heteroatoms. The molecule has 2 rings (SSSR count). The number of hydroxylamine groups is 1. The molecule has 0 saturated heterocycles. The molecule has 0 saturated carbocycles. The molecule has 0 unspecified atom stereocenters. The van der Waals surface area contributed by atoms with Gasteiger partial charge in [0.2, 0.25) is 0 Å². The van der Waals surface area contributed by atoms with Crippen molar-refractivity contribution in [3.63, 3.8) is 0 Å². The van der Waals surface area contributed by atoms with E-state index in [0.717, 1.165) is 0 Å². The predicted octanol–water partition coefficient (Wildman–Crippen LogP) is 0.453. The van der Waals surface area contributed by atoms with Gasteiger partial charge in [-0.25, -0.2) is 10.5 Å². The van der Waals surface area contributed by atoms with Gasteiger partial charge in [0, 0.05) is 6.20 Å². The summed E-state index contributed by atoms with van der Waals surface area (Å²) < 4.78 is 1.59. The van der Waals surface area contributed by atoms with Gasteiger partial charge in [-0.15, -0.1) is 0 Å². The zero-order valence-corrected chi connectivity index (χ0v) is 6.64. The Labute approximate surface area is 73.6 Å². The van der Waals surface area contributed by atoms with Crippen LogP contribution in [0.2, 0.25) is 0 Å². The number of imidazole rings is 1. The maximum absolute atomic E-state index is 11.1. The number of carbonyl (C=O) groups excluding carboxylic acids is 1. The van der Waals surface area contributed by atoms with Crippen LogP contribution in [0.15, 0.2) is 30.6 Å². The number of rotatable bonds is 1. The summed E-state index contributed by atoms with van der Waals surface area (Å²) in [6, 6.07) is 5.37. The van der Waals surface area contributed by atoms with Gasteiger partial charge in [0.1, 0.15) is 11.3 Å². The Balaban J connectivity index is 2.64. The molecule has 0 atom stereocenters. The van der Waals surface area contributed by atoms with Crippen LogP contribution in [0.1, 0.15) is 10.5 Å². The van der Waals surface area contributed by atoms with Crippen LogP contribution in [0.4, 0.5) is 0 Å². The molecule has 2 aromatic heterocycles. The summed E-state index contributed by atoms with van der Waals surface area (Å²) in [6.07, 6.45) is 3.10. The molecule has 2 N–H and O–H groups in total. The number of nitrogens with one attached hydrogen (secondary N) is 1. The van der Waals surface area contributed by atoms with Gasteiger partial charge < -0.3 is 0 Å². The third-order valence-corrected chi connectivity index (χ3v) is 1.75. The first-order valence-corrected chi connectivity index (χ1v) is 3.69. The maximum atomic E-state index is 11.1. The van der Waals surface area contributed by atoms with Crippen LogP contribution in [0, 0.1) is 0 Å². The molecule has 0 spiro atoms. The molecule has 0 aromatic carbocycles. The van der Waals surface area contributed by atoms with Gasteiger partial charge in [-0.3, -0.25) is 14.4 Å². The van der Waals surface area contributed by atoms with E-state index < -0.39 is 5.91 Å². The SMILES string of the molecule is O=C(NO)c1cnc2ccccn12. The largest absolute Gasteiger partial charge is 0.295 e. The maximum Gasteiger partial charge on any atom is 0.293 e. The number of nitrogens with zero attached hydrogens (tertiary/aromatic N) is 2. The van der Waals surface area contributed by atoms with Crippen LogP contribution in [0.3, 0.4) is 0 Å². The van der Waals surface area contributed by atoms with Crippen LogP contribution < -0.4 is 5.48 Å². The minimum atomic E-state index is -0.571. The second kappa shape index (κ2) is 2.87. The average Bonchev–Trinajstić information content (AvgIpc) is 2.60. The number of pyridine rings is 1. The van der Waals surface area contributed by atoms with Gasteiger partial charge in [-0.2, -0.15) is 0 Å². The molecule has 0 aliphatic rings. The van der Waals surface area contributed by atoms with E-state index in [9.17, 15) is 4.79 Å². The monoisotopic (exact) mass is 177 g/mol. The van der Waals surface area contributed by atoms with Crippen LogP contribution in [-0.2, 0) is 0 Å². The highest BCUT2D eigenvalue weighted by Gasteiger charge is 2.09. The smallest absolute Gasteiger partial charge is 0.293 e. The lowest BCUT2D eigenvalue weighted by Crippen LogP contribution is -2.20. The summed E-state index contributed by atoms with van der Waals surface area (Å²) >= 11 is 0. The summed E-state index contributed by atoms with van der Waals surface area (Å²) in [5.74, 6) is -0.571. The van der Waals surface area contributed by atoms with Crippen molar-refractivity contribution in [2.75, 3.05) is 0 Å². The molecule has 5 nitrogen and oxygen atoms in total. The van der Waals surface area contributed by atoms with E-state index in [4.69, 9.17) is 5.21 Å². The minimum Gasteiger partial charge on any atom is -0.295 e. The average molecular weight is 177 g/mol. The first kappa shape index (κ1) is 7.75. The van der Waals surface area contributed by atoms with Gasteiger partial charge in [0.05, 0.1) is 6.20 Å². The first-order chi connectivity index (χ1) is 6.33. The summed E-state index contributed by atoms with van der Waals surface area (Å²) in [5.41, 5.74) is 2.53. The fourth-order valence-electron chi connectivity index (χ4n) is 1.16. The number of carbonyl (C=O) groups is 1. The topological polar surface area (TPSA) is 66.6 Å². The van der Waals surface area contributed by atoms with E-state index >= 15 is 0 Å². The fraction of sp³-hybridized carbons (Fsp3) is 0. The van der Waals surface area contributed by atoms with Crippen LogP contribution in [0.25, 0.3) is 5.65 Å². The van der Waals surface area contributed by atoms with Crippen LogP contribution in [0.5, 0.6) is 0 Å². The first-order valence-electron chi connectivity index (χ1n) is 3.69. The number of amides is 1. The second-order valence-corrected chi connectivity index (χ2v) is 2.51. The molecule has 2 aromatic rings. The molecule has 0 aliphatic heterocycles. The molecular formula is C8H7N3O2. The molecule has 0 aliphatic carbocycles. The van der Waals surface area contributed by atoms with E-state index in [1.807, 2.05) is 6.07 Å². The van der Waals surface area contributed by atoms with Crippen molar-refractivity contribution >= 4 is 11.6 Å². The Morgan fingerprint density at radius 3 is 3.15 bits per heavy atom. The number of hydrogen-bond acceptors (Lipinski definition) is 3. The van der Waals surface area contributed by atoms with E-state index in [0.29, 0.717) is 11.3 Å². The molecule has 0 bridgehead atoms. The standard InChI is InChI=1S/C8H7N3O2/c12-8(10-13)6-5-9-7-3-1-2-4-11(6)7/h1-5,13H,(H,10,12). The predicted molar refractivity (Wildman–Crippen MR) is 44.4 cm³/mol. The van der Waals surface area contributed by atoms with Crippen molar-refractivity contribution in [2.24, 2.45) is 0 Å². The van der Waals surface area contributed by atoms with Crippen molar-refractivity contribution in [3.8, 4) is 0 Å². The van der Waals surface area contributed by atoms with Gasteiger partial charge in [0.25, 0.3) is 5.91 Å². The molecule has 0 radical (unpaired) electrons. The zero-order chi connectivity index (χ0) is 9.26. The van der Waals surface area contributed by atoms with E-state index in [1.54, 1.807) is 28.2 Å². The van der Waals surface area contributed by atoms with Crippen molar-refractivity contribution in [3.05, 3.63) is 36.3 Å². The van der Waals surface area contributed by atoms with Crippen molar-refractivity contribution < 1.29 is 10.0 Å². The lowest BCUT2D eigenvalue weighted by molar-refractivity contribution is 0.0699. The fourth-order valence-corrected chi connectivity index (χ4v) is 1.16. The van der Waals surface area contributed by atoms with Crippen LogP contribution >= 0.6 is 0 Å². The van der Waals surface area contributed by atoms with E-state index in [2.05, 4.69) is 4.98 Å². The minimum absolute atomic E-state index is 0.304. The highest BCUT2D eigenvalue weighted by atomic mass is 16.5. The molecular weight excluding hydrogens is 170 g/mol. The summed E-state index contributed by atoms with van der Waals surface area (Å²) in [4.78, 5) is 15.0. The van der Waals surface area contributed by atoms with Crippen LogP contribution in [-0.4, -0.2) is 20.5 Å². The molecule has 2 heterocycles. The molecule has 1 amide bonds. The molecule has 0 fully saturated rings. The third kappa shape index (κ3) is 1.15. The number of fused-ring (bicyclic) bond motifs is 1. The van der Waals surface area contributed by atoms with Crippen molar-refractivity contribution in [1.29, 1.82) is 0 Å². The third-order valence-electron chi connectivity index (χ3n) is 1.75. The Hall–Kier alpha value is -1.88. The summed E-state index contributed by atoms with van der Waals surface area (Å²) in [5, 5.41) is 8.43. The number of aromatic nitrogens is 2. The Bertz CT molecular complexity index is 449. The van der Waals surface area contributed by atoms with Gasteiger partial charge in [0.15, 0.2) is 0 Å². The van der Waals surface area contributed by atoms with E-state index in [-0.39, 0.29) is 0 Å². The highest BCUT2D eigenvalue weighted by molar-refractivity contribution is 5.92. The zero-order valence-electron chi connectivity index (χ0n) is 6.64. The lowest BCUT2D eigenvalue weighted by Gasteiger charge is -1.97. The molecule has 66 valence electrons. The van der Waals surface area contributed by atoms with Gasteiger partial charge in [-0.05, 0) is 12.1 Å². The van der Waals surface area contributed by atoms with E-state index in [1.165, 1.54) is 6.20 Å². The quantitative estimate of drug-likeness (QED) is 0.491. The highest BCUT2D eigenvalue weighted by Crippen LogP contribution is 2.04.